The Morgan fingerprint density at radius 2 is 1.82 bits per heavy atom. The minimum absolute atomic E-state index is 0.0347. The molecule has 2 fully saturated rings. The second-order valence-corrected chi connectivity index (χ2v) is 5.32. The molecule has 2 aliphatic rings. The third-order valence-electron chi connectivity index (χ3n) is 4.04. The number of likely N-dealkylation sites (tertiary alicyclic amines) is 1. The summed E-state index contributed by atoms with van der Waals surface area (Å²) in [6.45, 7) is 0.579. The molecule has 0 aromatic carbocycles. The summed E-state index contributed by atoms with van der Waals surface area (Å²) < 4.78 is 0. The first-order valence-electron chi connectivity index (χ1n) is 6.78. The fourth-order valence-corrected chi connectivity index (χ4v) is 2.88. The summed E-state index contributed by atoms with van der Waals surface area (Å²) in [5.41, 5.74) is 5.70. The molecule has 1 aliphatic carbocycles. The van der Waals surface area contributed by atoms with Gasteiger partial charge in [-0.15, -0.1) is 0 Å². The van der Waals surface area contributed by atoms with Crippen LogP contribution in [0.1, 0.15) is 51.4 Å². The summed E-state index contributed by atoms with van der Waals surface area (Å²) in [7, 11) is 0. The molecule has 0 spiro atoms. The van der Waals surface area contributed by atoms with Gasteiger partial charge in [-0.3, -0.25) is 14.5 Å². The lowest BCUT2D eigenvalue weighted by atomic mass is 9.86. The molecule has 1 saturated carbocycles. The molecule has 1 unspecified atom stereocenters. The average molecular weight is 238 g/mol. The third-order valence-corrected chi connectivity index (χ3v) is 4.04. The van der Waals surface area contributed by atoms with Gasteiger partial charge >= 0.3 is 0 Å². The number of carbonyl (C=O) groups is 2. The van der Waals surface area contributed by atoms with Gasteiger partial charge in [0.15, 0.2) is 0 Å². The van der Waals surface area contributed by atoms with Crippen molar-refractivity contribution in [3.63, 3.8) is 0 Å². The van der Waals surface area contributed by atoms with Crippen molar-refractivity contribution in [2.24, 2.45) is 11.7 Å². The average Bonchev–Trinajstić information content (AvgIpc) is 2.35. The quantitative estimate of drug-likeness (QED) is 0.757. The molecular weight excluding hydrogens is 216 g/mol. The molecule has 1 heterocycles. The topological polar surface area (TPSA) is 63.4 Å². The molecule has 0 aromatic rings. The lowest BCUT2D eigenvalue weighted by molar-refractivity contribution is -0.149. The minimum atomic E-state index is -0.459. The summed E-state index contributed by atoms with van der Waals surface area (Å²) >= 11 is 0. The number of piperidine rings is 1. The molecule has 2 N–H and O–H groups in total. The van der Waals surface area contributed by atoms with Gasteiger partial charge in [0.1, 0.15) is 0 Å². The van der Waals surface area contributed by atoms with Crippen molar-refractivity contribution in [1.82, 2.24) is 4.90 Å². The highest BCUT2D eigenvalue weighted by Crippen LogP contribution is 2.27. The van der Waals surface area contributed by atoms with E-state index in [0.29, 0.717) is 25.3 Å². The standard InChI is InChI=1S/C13H22N2O2/c14-11-6-7-12(16)15(13(11)17)9-8-10-4-2-1-3-5-10/h10-11H,1-9,14H2. The maximum absolute atomic E-state index is 11.8. The van der Waals surface area contributed by atoms with E-state index in [1.165, 1.54) is 37.0 Å². The highest BCUT2D eigenvalue weighted by atomic mass is 16.2. The minimum Gasteiger partial charge on any atom is -0.320 e. The summed E-state index contributed by atoms with van der Waals surface area (Å²) in [5, 5.41) is 0. The molecule has 2 amide bonds. The van der Waals surface area contributed by atoms with Crippen LogP contribution in [0.5, 0.6) is 0 Å². The van der Waals surface area contributed by atoms with Crippen molar-refractivity contribution in [3.8, 4) is 0 Å². The van der Waals surface area contributed by atoms with Crippen molar-refractivity contribution in [3.05, 3.63) is 0 Å². The van der Waals surface area contributed by atoms with Crippen molar-refractivity contribution in [1.29, 1.82) is 0 Å². The highest BCUT2D eigenvalue weighted by molar-refractivity contribution is 6.00. The molecule has 96 valence electrons. The molecule has 1 aliphatic heterocycles. The van der Waals surface area contributed by atoms with Gasteiger partial charge < -0.3 is 5.73 Å². The SMILES string of the molecule is NC1CCC(=O)N(CCC2CCCCC2)C1=O. The Morgan fingerprint density at radius 1 is 1.12 bits per heavy atom. The fourth-order valence-electron chi connectivity index (χ4n) is 2.88. The first-order chi connectivity index (χ1) is 8.18. The molecule has 2 rings (SSSR count). The van der Waals surface area contributed by atoms with Crippen LogP contribution in [0.2, 0.25) is 0 Å². The maximum atomic E-state index is 11.8. The zero-order chi connectivity index (χ0) is 12.3. The molecule has 0 aromatic heterocycles. The van der Waals surface area contributed by atoms with Gasteiger partial charge in [-0.05, 0) is 18.8 Å². The Balaban J connectivity index is 1.83. The maximum Gasteiger partial charge on any atom is 0.246 e. The third kappa shape index (κ3) is 3.06. The van der Waals surface area contributed by atoms with E-state index in [0.717, 1.165) is 6.42 Å². The fraction of sp³-hybridized carbons (Fsp3) is 0.846. The molecular formula is C13H22N2O2. The number of carbonyl (C=O) groups excluding carboxylic acids is 2. The molecule has 17 heavy (non-hydrogen) atoms. The first-order valence-corrected chi connectivity index (χ1v) is 6.78. The number of nitrogens with two attached hydrogens (primary N) is 1. The van der Waals surface area contributed by atoms with E-state index in [4.69, 9.17) is 5.73 Å². The summed E-state index contributed by atoms with van der Waals surface area (Å²) in [6.07, 6.45) is 8.34. The lowest BCUT2D eigenvalue weighted by Crippen LogP contribution is -2.51. The van der Waals surface area contributed by atoms with E-state index in [-0.39, 0.29) is 11.8 Å². The molecule has 4 nitrogen and oxygen atoms in total. The normalized spacial score (nSPS) is 27.6. The van der Waals surface area contributed by atoms with Gasteiger partial charge in [-0.2, -0.15) is 0 Å². The van der Waals surface area contributed by atoms with Gasteiger partial charge in [-0.25, -0.2) is 0 Å². The van der Waals surface area contributed by atoms with Crippen LogP contribution < -0.4 is 5.73 Å². The second-order valence-electron chi connectivity index (χ2n) is 5.32. The van der Waals surface area contributed by atoms with Crippen molar-refractivity contribution in [2.45, 2.75) is 57.4 Å². The Labute approximate surface area is 103 Å². The van der Waals surface area contributed by atoms with E-state index in [1.54, 1.807) is 0 Å². The Morgan fingerprint density at radius 3 is 2.53 bits per heavy atom. The predicted molar refractivity (Wildman–Crippen MR) is 65.1 cm³/mol. The monoisotopic (exact) mass is 238 g/mol. The van der Waals surface area contributed by atoms with E-state index >= 15 is 0 Å². The summed E-state index contributed by atoms with van der Waals surface area (Å²) in [5.74, 6) is 0.493. The Kier molecular flexibility index (Phi) is 4.15. The van der Waals surface area contributed by atoms with Crippen LogP contribution in [0.4, 0.5) is 0 Å². The van der Waals surface area contributed by atoms with Crippen LogP contribution in [-0.4, -0.2) is 29.3 Å². The second kappa shape index (κ2) is 5.63. The van der Waals surface area contributed by atoms with Gasteiger partial charge in [-0.1, -0.05) is 32.1 Å². The lowest BCUT2D eigenvalue weighted by Gasteiger charge is -2.30. The van der Waals surface area contributed by atoms with Gasteiger partial charge in [0.2, 0.25) is 11.8 Å². The molecule has 4 heteroatoms. The van der Waals surface area contributed by atoms with Crippen molar-refractivity contribution >= 4 is 11.8 Å². The predicted octanol–water partition coefficient (Wildman–Crippen LogP) is 1.43. The smallest absolute Gasteiger partial charge is 0.246 e. The van der Waals surface area contributed by atoms with Crippen LogP contribution in [0.3, 0.4) is 0 Å². The highest BCUT2D eigenvalue weighted by Gasteiger charge is 2.32. The number of nitrogens with zero attached hydrogens (tertiary/aromatic N) is 1. The van der Waals surface area contributed by atoms with Gasteiger partial charge in [0.25, 0.3) is 0 Å². The molecule has 0 radical (unpaired) electrons. The summed E-state index contributed by atoms with van der Waals surface area (Å²) in [6, 6.07) is -0.459. The first kappa shape index (κ1) is 12.6. The van der Waals surface area contributed by atoms with Crippen LogP contribution in [0, 0.1) is 5.92 Å². The van der Waals surface area contributed by atoms with Gasteiger partial charge in [0, 0.05) is 13.0 Å². The Bertz CT molecular complexity index is 298. The van der Waals surface area contributed by atoms with E-state index in [1.807, 2.05) is 0 Å². The molecule has 0 bridgehead atoms. The van der Waals surface area contributed by atoms with Crippen molar-refractivity contribution < 1.29 is 9.59 Å². The van der Waals surface area contributed by atoms with Crippen LogP contribution in [0.25, 0.3) is 0 Å². The number of hydrogen-bond acceptors (Lipinski definition) is 3. The number of hydrogen-bond donors (Lipinski definition) is 1. The van der Waals surface area contributed by atoms with Crippen LogP contribution >= 0.6 is 0 Å². The molecule has 1 saturated heterocycles. The van der Waals surface area contributed by atoms with Gasteiger partial charge in [0.05, 0.1) is 6.04 Å². The van der Waals surface area contributed by atoms with Crippen LogP contribution in [0.15, 0.2) is 0 Å². The Hall–Kier alpha value is -0.900. The molecule has 1 atom stereocenters. The van der Waals surface area contributed by atoms with E-state index < -0.39 is 6.04 Å². The zero-order valence-electron chi connectivity index (χ0n) is 10.4. The largest absolute Gasteiger partial charge is 0.320 e. The number of rotatable bonds is 3. The number of amides is 2. The van der Waals surface area contributed by atoms with Crippen molar-refractivity contribution in [2.75, 3.05) is 6.54 Å². The zero-order valence-corrected chi connectivity index (χ0v) is 10.4. The van der Waals surface area contributed by atoms with E-state index in [2.05, 4.69) is 0 Å². The van der Waals surface area contributed by atoms with Crippen LogP contribution in [-0.2, 0) is 9.59 Å². The van der Waals surface area contributed by atoms with E-state index in [9.17, 15) is 9.59 Å². The number of imide groups is 1. The summed E-state index contributed by atoms with van der Waals surface area (Å²) in [4.78, 5) is 24.9.